The third-order valence-electron chi connectivity index (χ3n) is 2.53. The largest absolute Gasteiger partial charge is 0.465 e. The van der Waals surface area contributed by atoms with Crippen molar-refractivity contribution in [3.63, 3.8) is 0 Å². The van der Waals surface area contributed by atoms with E-state index in [0.717, 1.165) is 17.3 Å². The molecule has 0 spiro atoms. The standard InChI is InChI=1S/C12H19BrO2/c1-2-3-4-5-6-7-11(14)12-10(13)8-9-15-12/h8-9,11,14H,2-7H2,1H3. The zero-order valence-corrected chi connectivity index (χ0v) is 10.8. The van der Waals surface area contributed by atoms with E-state index in [2.05, 4.69) is 22.9 Å². The summed E-state index contributed by atoms with van der Waals surface area (Å²) < 4.78 is 6.07. The summed E-state index contributed by atoms with van der Waals surface area (Å²) in [6.07, 6.45) is 8.00. The molecule has 0 aromatic carbocycles. The van der Waals surface area contributed by atoms with Crippen LogP contribution in [0.1, 0.15) is 57.3 Å². The predicted octanol–water partition coefficient (Wildman–Crippen LogP) is 4.44. The van der Waals surface area contributed by atoms with Crippen LogP contribution in [0.4, 0.5) is 0 Å². The third-order valence-corrected chi connectivity index (χ3v) is 3.18. The minimum Gasteiger partial charge on any atom is -0.465 e. The van der Waals surface area contributed by atoms with E-state index in [-0.39, 0.29) is 0 Å². The summed E-state index contributed by atoms with van der Waals surface area (Å²) in [4.78, 5) is 0. The molecule has 3 heteroatoms. The van der Waals surface area contributed by atoms with Crippen molar-refractivity contribution in [3.05, 3.63) is 22.6 Å². The Morgan fingerprint density at radius 1 is 1.33 bits per heavy atom. The number of aliphatic hydroxyl groups is 1. The molecule has 0 fully saturated rings. The average molecular weight is 275 g/mol. The molecule has 1 rings (SSSR count). The SMILES string of the molecule is CCCCCCCC(O)c1occc1Br. The molecule has 86 valence electrons. The number of unbranched alkanes of at least 4 members (excludes halogenated alkanes) is 4. The van der Waals surface area contributed by atoms with E-state index in [1.807, 2.05) is 6.07 Å². The van der Waals surface area contributed by atoms with Gasteiger partial charge in [0, 0.05) is 0 Å². The molecule has 1 aromatic heterocycles. The lowest BCUT2D eigenvalue weighted by atomic mass is 10.1. The molecule has 0 aliphatic rings. The zero-order valence-electron chi connectivity index (χ0n) is 9.21. The summed E-state index contributed by atoms with van der Waals surface area (Å²) in [7, 11) is 0. The maximum Gasteiger partial charge on any atom is 0.146 e. The van der Waals surface area contributed by atoms with Crippen molar-refractivity contribution in [2.45, 2.75) is 51.6 Å². The molecule has 1 aromatic rings. The Morgan fingerprint density at radius 2 is 2.07 bits per heavy atom. The van der Waals surface area contributed by atoms with Gasteiger partial charge in [0.15, 0.2) is 0 Å². The fourth-order valence-electron chi connectivity index (χ4n) is 1.62. The molecule has 0 radical (unpaired) electrons. The molecule has 2 nitrogen and oxygen atoms in total. The van der Waals surface area contributed by atoms with Crippen LogP contribution in [0, 0.1) is 0 Å². The predicted molar refractivity (Wildman–Crippen MR) is 64.7 cm³/mol. The van der Waals surface area contributed by atoms with Gasteiger partial charge in [0.25, 0.3) is 0 Å². The van der Waals surface area contributed by atoms with Gasteiger partial charge in [0.1, 0.15) is 11.9 Å². The van der Waals surface area contributed by atoms with Gasteiger partial charge in [-0.05, 0) is 28.4 Å². The minimum absolute atomic E-state index is 0.462. The maximum atomic E-state index is 9.82. The lowest BCUT2D eigenvalue weighted by molar-refractivity contribution is 0.135. The van der Waals surface area contributed by atoms with E-state index >= 15 is 0 Å². The first-order valence-corrected chi connectivity index (χ1v) is 6.46. The number of hydrogen-bond donors (Lipinski definition) is 1. The lowest BCUT2D eigenvalue weighted by Crippen LogP contribution is -1.96. The lowest BCUT2D eigenvalue weighted by Gasteiger charge is -2.07. The van der Waals surface area contributed by atoms with Crippen LogP contribution < -0.4 is 0 Å². The average Bonchev–Trinajstić information content (AvgIpc) is 2.64. The highest BCUT2D eigenvalue weighted by Crippen LogP contribution is 2.27. The van der Waals surface area contributed by atoms with Crippen LogP contribution in [0.3, 0.4) is 0 Å². The highest BCUT2D eigenvalue weighted by atomic mass is 79.9. The molecule has 0 saturated carbocycles. The van der Waals surface area contributed by atoms with Crippen LogP contribution in [0.5, 0.6) is 0 Å². The summed E-state index contributed by atoms with van der Waals surface area (Å²) in [5, 5.41) is 9.82. The Bertz CT molecular complexity index is 270. The highest BCUT2D eigenvalue weighted by molar-refractivity contribution is 9.10. The Hall–Kier alpha value is -0.280. The number of halogens is 1. The van der Waals surface area contributed by atoms with Crippen LogP contribution in [-0.4, -0.2) is 5.11 Å². The summed E-state index contributed by atoms with van der Waals surface area (Å²) in [6.45, 7) is 2.20. The molecule has 1 N–H and O–H groups in total. The van der Waals surface area contributed by atoms with Crippen molar-refractivity contribution in [2.75, 3.05) is 0 Å². The van der Waals surface area contributed by atoms with E-state index in [1.54, 1.807) is 6.26 Å². The first-order chi connectivity index (χ1) is 7.25. The van der Waals surface area contributed by atoms with E-state index in [4.69, 9.17) is 4.42 Å². The molecule has 0 saturated heterocycles. The Balaban J connectivity index is 2.19. The summed E-state index contributed by atoms with van der Waals surface area (Å²) in [6, 6.07) is 1.82. The van der Waals surface area contributed by atoms with Gasteiger partial charge < -0.3 is 9.52 Å². The topological polar surface area (TPSA) is 33.4 Å². The summed E-state index contributed by atoms with van der Waals surface area (Å²) >= 11 is 3.35. The van der Waals surface area contributed by atoms with Crippen molar-refractivity contribution in [2.24, 2.45) is 0 Å². The van der Waals surface area contributed by atoms with Gasteiger partial charge in [-0.25, -0.2) is 0 Å². The fourth-order valence-corrected chi connectivity index (χ4v) is 2.08. The van der Waals surface area contributed by atoms with Crippen molar-refractivity contribution >= 4 is 15.9 Å². The summed E-state index contributed by atoms with van der Waals surface area (Å²) in [5.41, 5.74) is 0. The van der Waals surface area contributed by atoms with Crippen LogP contribution in [-0.2, 0) is 0 Å². The molecule has 1 unspecified atom stereocenters. The quantitative estimate of drug-likeness (QED) is 0.746. The van der Waals surface area contributed by atoms with E-state index in [0.29, 0.717) is 5.76 Å². The van der Waals surface area contributed by atoms with Gasteiger partial charge in [0.05, 0.1) is 10.7 Å². The molecule has 0 bridgehead atoms. The smallest absolute Gasteiger partial charge is 0.146 e. The van der Waals surface area contributed by atoms with Gasteiger partial charge in [-0.3, -0.25) is 0 Å². The van der Waals surface area contributed by atoms with Gasteiger partial charge in [0.2, 0.25) is 0 Å². The fraction of sp³-hybridized carbons (Fsp3) is 0.667. The number of hydrogen-bond acceptors (Lipinski definition) is 2. The minimum atomic E-state index is -0.462. The number of rotatable bonds is 7. The van der Waals surface area contributed by atoms with Crippen molar-refractivity contribution in [3.8, 4) is 0 Å². The second-order valence-corrected chi connectivity index (χ2v) is 4.71. The first kappa shape index (κ1) is 12.8. The molecule has 0 amide bonds. The first-order valence-electron chi connectivity index (χ1n) is 5.66. The van der Waals surface area contributed by atoms with Crippen LogP contribution >= 0.6 is 15.9 Å². The van der Waals surface area contributed by atoms with Crippen molar-refractivity contribution in [1.29, 1.82) is 0 Å². The molecule has 1 atom stereocenters. The highest BCUT2D eigenvalue weighted by Gasteiger charge is 2.13. The Morgan fingerprint density at radius 3 is 2.67 bits per heavy atom. The second kappa shape index (κ2) is 7.07. The monoisotopic (exact) mass is 274 g/mol. The van der Waals surface area contributed by atoms with Gasteiger partial charge in [-0.2, -0.15) is 0 Å². The third kappa shape index (κ3) is 4.39. The zero-order chi connectivity index (χ0) is 11.1. The van der Waals surface area contributed by atoms with E-state index < -0.39 is 6.10 Å². The molecular formula is C12H19BrO2. The van der Waals surface area contributed by atoms with Crippen molar-refractivity contribution < 1.29 is 9.52 Å². The van der Waals surface area contributed by atoms with E-state index in [1.165, 1.54) is 25.7 Å². The van der Waals surface area contributed by atoms with Crippen LogP contribution in [0.15, 0.2) is 21.2 Å². The normalized spacial score (nSPS) is 13.0. The van der Waals surface area contributed by atoms with Gasteiger partial charge in [-0.15, -0.1) is 0 Å². The van der Waals surface area contributed by atoms with Crippen LogP contribution in [0.25, 0.3) is 0 Å². The molecule has 1 heterocycles. The maximum absolute atomic E-state index is 9.82. The number of furan rings is 1. The Labute approximate surface area is 99.8 Å². The molecular weight excluding hydrogens is 256 g/mol. The van der Waals surface area contributed by atoms with Crippen molar-refractivity contribution in [1.82, 2.24) is 0 Å². The van der Waals surface area contributed by atoms with Gasteiger partial charge in [-0.1, -0.05) is 39.0 Å². The molecule has 15 heavy (non-hydrogen) atoms. The Kier molecular flexibility index (Phi) is 6.03. The van der Waals surface area contributed by atoms with Crippen LogP contribution in [0.2, 0.25) is 0 Å². The second-order valence-electron chi connectivity index (χ2n) is 3.85. The summed E-state index contributed by atoms with van der Waals surface area (Å²) in [5.74, 6) is 0.658. The van der Waals surface area contributed by atoms with Gasteiger partial charge >= 0.3 is 0 Å². The number of aliphatic hydroxyl groups excluding tert-OH is 1. The van der Waals surface area contributed by atoms with E-state index in [9.17, 15) is 5.11 Å². The molecule has 0 aliphatic heterocycles. The molecule has 0 aliphatic carbocycles.